The molecule has 1 aromatic carbocycles. The zero-order valence-corrected chi connectivity index (χ0v) is 11.7. The second-order valence-corrected chi connectivity index (χ2v) is 4.87. The highest BCUT2D eigenvalue weighted by atomic mass is 16.5. The van der Waals surface area contributed by atoms with Crippen LogP contribution in [0.25, 0.3) is 0 Å². The van der Waals surface area contributed by atoms with Crippen molar-refractivity contribution in [1.29, 1.82) is 0 Å². The molecule has 1 rings (SSSR count). The maximum Gasteiger partial charge on any atom is 0.0469 e. The van der Waals surface area contributed by atoms with Crippen LogP contribution >= 0.6 is 0 Å². The number of ether oxygens (including phenoxy) is 1. The number of hydrogen-bond donors (Lipinski definition) is 1. The summed E-state index contributed by atoms with van der Waals surface area (Å²) in [7, 11) is 0. The molecule has 0 saturated heterocycles. The van der Waals surface area contributed by atoms with Crippen molar-refractivity contribution < 1.29 is 4.74 Å². The van der Waals surface area contributed by atoms with Crippen LogP contribution in [0.4, 0.5) is 5.69 Å². The molecular weight excluding hydrogens is 222 g/mol. The molecule has 0 aliphatic rings. The van der Waals surface area contributed by atoms with E-state index >= 15 is 0 Å². The maximum absolute atomic E-state index is 5.65. The minimum absolute atomic E-state index is 0.835. The molecule has 0 spiro atoms. The predicted molar refractivity (Wildman–Crippen MR) is 78.8 cm³/mol. The highest BCUT2D eigenvalue weighted by Crippen LogP contribution is 2.08. The second kappa shape index (κ2) is 9.95. The summed E-state index contributed by atoms with van der Waals surface area (Å²) in [5, 5.41) is 0. The summed E-state index contributed by atoms with van der Waals surface area (Å²) < 4.78 is 5.63. The molecule has 0 saturated carbocycles. The summed E-state index contributed by atoms with van der Waals surface area (Å²) in [6.45, 7) is 4.04. The Hall–Kier alpha value is -1.02. The highest BCUT2D eigenvalue weighted by molar-refractivity contribution is 5.39. The number of benzene rings is 1. The van der Waals surface area contributed by atoms with Crippen molar-refractivity contribution in [2.24, 2.45) is 0 Å². The van der Waals surface area contributed by atoms with Crippen LogP contribution in [-0.2, 0) is 11.2 Å². The molecule has 0 unspecified atom stereocenters. The fourth-order valence-electron chi connectivity index (χ4n) is 1.97. The van der Waals surface area contributed by atoms with E-state index in [1.165, 1.54) is 37.7 Å². The minimum Gasteiger partial charge on any atom is -0.399 e. The molecule has 0 atom stereocenters. The number of unbranched alkanes of at least 4 members (excludes halogenated alkanes) is 4. The first-order valence-corrected chi connectivity index (χ1v) is 7.25. The third kappa shape index (κ3) is 7.33. The van der Waals surface area contributed by atoms with E-state index in [4.69, 9.17) is 10.5 Å². The van der Waals surface area contributed by atoms with Crippen molar-refractivity contribution in [3.8, 4) is 0 Å². The zero-order chi connectivity index (χ0) is 13.1. The number of nitrogen functional groups attached to an aromatic ring is 1. The molecule has 0 fully saturated rings. The van der Waals surface area contributed by atoms with E-state index in [-0.39, 0.29) is 0 Å². The molecule has 2 heteroatoms. The van der Waals surface area contributed by atoms with Crippen molar-refractivity contribution in [3.05, 3.63) is 29.8 Å². The SMILES string of the molecule is CCCCCCCOCCCc1ccc(N)cc1. The monoisotopic (exact) mass is 249 g/mol. The van der Waals surface area contributed by atoms with Gasteiger partial charge in [0, 0.05) is 18.9 Å². The third-order valence-corrected chi connectivity index (χ3v) is 3.13. The van der Waals surface area contributed by atoms with Gasteiger partial charge >= 0.3 is 0 Å². The fourth-order valence-corrected chi connectivity index (χ4v) is 1.97. The van der Waals surface area contributed by atoms with E-state index in [2.05, 4.69) is 19.1 Å². The Morgan fingerprint density at radius 2 is 1.56 bits per heavy atom. The van der Waals surface area contributed by atoms with Gasteiger partial charge in [-0.25, -0.2) is 0 Å². The van der Waals surface area contributed by atoms with Crippen LogP contribution in [0, 0.1) is 0 Å². The average Bonchev–Trinajstić information content (AvgIpc) is 2.39. The van der Waals surface area contributed by atoms with Gasteiger partial charge in [0.2, 0.25) is 0 Å². The van der Waals surface area contributed by atoms with Gasteiger partial charge in [0.05, 0.1) is 0 Å². The van der Waals surface area contributed by atoms with Crippen LogP contribution in [0.3, 0.4) is 0 Å². The molecule has 18 heavy (non-hydrogen) atoms. The lowest BCUT2D eigenvalue weighted by molar-refractivity contribution is 0.127. The number of rotatable bonds is 10. The van der Waals surface area contributed by atoms with Crippen molar-refractivity contribution >= 4 is 5.69 Å². The van der Waals surface area contributed by atoms with Crippen molar-refractivity contribution in [2.75, 3.05) is 18.9 Å². The Balaban J connectivity index is 1.91. The molecule has 0 aliphatic heterocycles. The van der Waals surface area contributed by atoms with E-state index in [1.807, 2.05) is 12.1 Å². The van der Waals surface area contributed by atoms with Gasteiger partial charge in [-0.15, -0.1) is 0 Å². The van der Waals surface area contributed by atoms with Crippen LogP contribution in [-0.4, -0.2) is 13.2 Å². The van der Waals surface area contributed by atoms with Gasteiger partial charge in [-0.05, 0) is 37.0 Å². The van der Waals surface area contributed by atoms with Crippen molar-refractivity contribution in [3.63, 3.8) is 0 Å². The van der Waals surface area contributed by atoms with Crippen LogP contribution in [0.1, 0.15) is 51.0 Å². The highest BCUT2D eigenvalue weighted by Gasteiger charge is 1.94. The summed E-state index contributed by atoms with van der Waals surface area (Å²) in [6.07, 6.45) is 8.72. The Labute approximate surface area is 112 Å². The fraction of sp³-hybridized carbons (Fsp3) is 0.625. The Kier molecular flexibility index (Phi) is 8.32. The molecule has 0 radical (unpaired) electrons. The van der Waals surface area contributed by atoms with E-state index < -0.39 is 0 Å². The summed E-state index contributed by atoms with van der Waals surface area (Å²) >= 11 is 0. The average molecular weight is 249 g/mol. The van der Waals surface area contributed by atoms with Gasteiger partial charge in [0.15, 0.2) is 0 Å². The summed E-state index contributed by atoms with van der Waals surface area (Å²) in [6, 6.07) is 8.12. The number of nitrogens with two attached hydrogens (primary N) is 1. The first kappa shape index (κ1) is 15.0. The Morgan fingerprint density at radius 3 is 2.28 bits per heavy atom. The van der Waals surface area contributed by atoms with Crippen molar-refractivity contribution in [1.82, 2.24) is 0 Å². The smallest absolute Gasteiger partial charge is 0.0469 e. The molecule has 0 heterocycles. The van der Waals surface area contributed by atoms with Gasteiger partial charge < -0.3 is 10.5 Å². The van der Waals surface area contributed by atoms with Gasteiger partial charge in [0.25, 0.3) is 0 Å². The van der Waals surface area contributed by atoms with Gasteiger partial charge in [-0.2, -0.15) is 0 Å². The molecule has 102 valence electrons. The van der Waals surface area contributed by atoms with Crippen LogP contribution in [0.15, 0.2) is 24.3 Å². The Bertz CT molecular complexity index is 294. The van der Waals surface area contributed by atoms with Gasteiger partial charge in [0.1, 0.15) is 0 Å². The molecular formula is C16H27NO. The van der Waals surface area contributed by atoms with Crippen LogP contribution in [0.5, 0.6) is 0 Å². The van der Waals surface area contributed by atoms with E-state index in [0.29, 0.717) is 0 Å². The van der Waals surface area contributed by atoms with Gasteiger partial charge in [-0.1, -0.05) is 44.7 Å². The molecule has 0 bridgehead atoms. The standard InChI is InChI=1S/C16H27NO/c1-2-3-4-5-6-13-18-14-7-8-15-9-11-16(17)12-10-15/h9-12H,2-8,13-14,17H2,1H3. The second-order valence-electron chi connectivity index (χ2n) is 4.87. The molecule has 0 amide bonds. The first-order chi connectivity index (χ1) is 8.83. The summed E-state index contributed by atoms with van der Waals surface area (Å²) in [5.41, 5.74) is 7.82. The largest absolute Gasteiger partial charge is 0.399 e. The topological polar surface area (TPSA) is 35.2 Å². The molecule has 2 N–H and O–H groups in total. The summed E-state index contributed by atoms with van der Waals surface area (Å²) in [5.74, 6) is 0. The lowest BCUT2D eigenvalue weighted by Crippen LogP contribution is -1.99. The molecule has 2 nitrogen and oxygen atoms in total. The Morgan fingerprint density at radius 1 is 0.889 bits per heavy atom. The number of aryl methyl sites for hydroxylation is 1. The van der Waals surface area contributed by atoms with E-state index in [9.17, 15) is 0 Å². The summed E-state index contributed by atoms with van der Waals surface area (Å²) in [4.78, 5) is 0. The quantitative estimate of drug-likeness (QED) is 0.498. The lowest BCUT2D eigenvalue weighted by Gasteiger charge is -2.05. The minimum atomic E-state index is 0.835. The zero-order valence-electron chi connectivity index (χ0n) is 11.7. The maximum atomic E-state index is 5.65. The normalized spacial score (nSPS) is 10.7. The molecule has 0 aromatic heterocycles. The van der Waals surface area contributed by atoms with Crippen molar-refractivity contribution in [2.45, 2.75) is 51.9 Å². The van der Waals surface area contributed by atoms with Crippen LogP contribution in [0.2, 0.25) is 0 Å². The van der Waals surface area contributed by atoms with E-state index in [0.717, 1.165) is 31.7 Å². The number of anilines is 1. The van der Waals surface area contributed by atoms with Crippen LogP contribution < -0.4 is 5.73 Å². The predicted octanol–water partition coefficient (Wildman–Crippen LogP) is 4.19. The molecule has 0 aliphatic carbocycles. The number of hydrogen-bond acceptors (Lipinski definition) is 2. The first-order valence-electron chi connectivity index (χ1n) is 7.25. The lowest BCUT2D eigenvalue weighted by atomic mass is 10.1. The third-order valence-electron chi connectivity index (χ3n) is 3.13. The van der Waals surface area contributed by atoms with Gasteiger partial charge in [-0.3, -0.25) is 0 Å². The van der Waals surface area contributed by atoms with E-state index in [1.54, 1.807) is 0 Å². The molecule has 1 aromatic rings.